The molecule has 4 rings (SSSR count). The predicted molar refractivity (Wildman–Crippen MR) is 118 cm³/mol. The van der Waals surface area contributed by atoms with Crippen LogP contribution in [0, 0.1) is 0 Å². The number of halogens is 2. The summed E-state index contributed by atoms with van der Waals surface area (Å²) in [4.78, 5) is 50.8. The molecule has 1 aliphatic rings. The first-order valence-corrected chi connectivity index (χ1v) is 10.4. The van der Waals surface area contributed by atoms with E-state index in [9.17, 15) is 19.2 Å². The van der Waals surface area contributed by atoms with E-state index in [2.05, 4.69) is 10.5 Å². The van der Waals surface area contributed by atoms with Gasteiger partial charge in [-0.05, 0) is 24.3 Å². The molecule has 1 aliphatic heterocycles. The second-order valence-corrected chi connectivity index (χ2v) is 7.74. The van der Waals surface area contributed by atoms with Crippen LogP contribution in [0.25, 0.3) is 11.3 Å². The number of imide groups is 1. The minimum Gasteiger partial charge on any atom is -0.465 e. The van der Waals surface area contributed by atoms with Gasteiger partial charge >= 0.3 is 5.97 Å². The Balaban J connectivity index is 1.53. The molecule has 0 spiro atoms. The number of hydrogen-bond acceptors (Lipinski definition) is 7. The summed E-state index contributed by atoms with van der Waals surface area (Å²) in [6, 6.07) is 11.1. The van der Waals surface area contributed by atoms with Gasteiger partial charge in [0, 0.05) is 18.5 Å². The number of amides is 3. The largest absolute Gasteiger partial charge is 0.465 e. The zero-order valence-electron chi connectivity index (χ0n) is 17.1. The summed E-state index contributed by atoms with van der Waals surface area (Å²) in [5.41, 5.74) is 0.617. The monoisotopic (exact) mass is 487 g/mol. The lowest BCUT2D eigenvalue weighted by Gasteiger charge is -2.13. The molecule has 3 amide bonds. The molecule has 1 aromatic heterocycles. The van der Waals surface area contributed by atoms with Gasteiger partial charge < -0.3 is 9.26 Å². The van der Waals surface area contributed by atoms with E-state index in [1.165, 1.54) is 0 Å². The Bertz CT molecular complexity index is 1250. The van der Waals surface area contributed by atoms with Crippen LogP contribution < -0.4 is 5.32 Å². The first-order valence-electron chi connectivity index (χ1n) is 9.61. The van der Waals surface area contributed by atoms with Crippen molar-refractivity contribution in [2.45, 2.75) is 6.42 Å². The maximum Gasteiger partial charge on any atom is 0.345 e. The van der Waals surface area contributed by atoms with E-state index in [-0.39, 0.29) is 56.8 Å². The minimum absolute atomic E-state index is 0.00639. The Morgan fingerprint density at radius 3 is 2.21 bits per heavy atom. The van der Waals surface area contributed by atoms with Crippen molar-refractivity contribution < 1.29 is 28.4 Å². The molecule has 2 aromatic carbocycles. The molecule has 11 heteroatoms. The molecule has 33 heavy (non-hydrogen) atoms. The van der Waals surface area contributed by atoms with E-state index in [4.69, 9.17) is 32.5 Å². The lowest BCUT2D eigenvalue weighted by molar-refractivity contribution is -0.116. The molecule has 0 radical (unpaired) electrons. The molecule has 1 N–H and O–H groups in total. The molecule has 0 unspecified atom stereocenters. The number of carbonyl (C=O) groups is 4. The molecular weight excluding hydrogens is 473 g/mol. The zero-order chi connectivity index (χ0) is 23.7. The number of esters is 1. The Morgan fingerprint density at radius 2 is 1.64 bits per heavy atom. The van der Waals surface area contributed by atoms with Gasteiger partial charge in [0.05, 0.1) is 28.3 Å². The highest BCUT2D eigenvalue weighted by Crippen LogP contribution is 2.38. The highest BCUT2D eigenvalue weighted by Gasteiger charge is 2.35. The third-order valence-electron chi connectivity index (χ3n) is 4.97. The lowest BCUT2D eigenvalue weighted by Crippen LogP contribution is -2.33. The number of rotatable bonds is 6. The molecule has 0 saturated heterocycles. The molecule has 2 heterocycles. The van der Waals surface area contributed by atoms with E-state index < -0.39 is 23.7 Å². The van der Waals surface area contributed by atoms with Crippen molar-refractivity contribution in [3.05, 3.63) is 69.2 Å². The number of benzene rings is 2. The summed E-state index contributed by atoms with van der Waals surface area (Å²) in [6.07, 6.45) is -0.241. The number of fused-ring (bicyclic) bond motifs is 1. The molecule has 0 fully saturated rings. The van der Waals surface area contributed by atoms with Crippen molar-refractivity contribution in [1.82, 2.24) is 10.1 Å². The van der Waals surface area contributed by atoms with Crippen molar-refractivity contribution in [2.75, 3.05) is 19.0 Å². The molecule has 0 aliphatic carbocycles. The fraction of sp³-hybridized carbons (Fsp3) is 0.136. The van der Waals surface area contributed by atoms with Crippen LogP contribution in [-0.2, 0) is 9.53 Å². The van der Waals surface area contributed by atoms with Gasteiger partial charge in [0.1, 0.15) is 5.69 Å². The second kappa shape index (κ2) is 9.05. The Morgan fingerprint density at radius 1 is 1.03 bits per heavy atom. The molecule has 0 atom stereocenters. The fourth-order valence-corrected chi connectivity index (χ4v) is 3.98. The van der Waals surface area contributed by atoms with E-state index in [1.807, 2.05) is 0 Å². The number of methoxy groups -OCH3 is 1. The third-order valence-corrected chi connectivity index (χ3v) is 5.60. The van der Waals surface area contributed by atoms with Gasteiger partial charge in [0.15, 0.2) is 5.56 Å². The Hall–Kier alpha value is -3.69. The summed E-state index contributed by atoms with van der Waals surface area (Å²) >= 11 is 12.4. The van der Waals surface area contributed by atoms with Crippen LogP contribution in [0.5, 0.6) is 0 Å². The highest BCUT2D eigenvalue weighted by atomic mass is 35.5. The van der Waals surface area contributed by atoms with E-state index in [0.717, 1.165) is 12.0 Å². The number of nitrogens with one attached hydrogen (secondary N) is 1. The molecular formula is C22H15Cl2N3O6. The average Bonchev–Trinajstić information content (AvgIpc) is 3.31. The third kappa shape index (κ3) is 4.08. The van der Waals surface area contributed by atoms with Crippen LogP contribution in [0.4, 0.5) is 5.88 Å². The first kappa shape index (κ1) is 22.5. The standard InChI is InChI=1S/C22H15Cl2N3O6/c1-32-22(31)17-18(16-13(23)7-4-8-14(16)24)26-33-19(17)25-15(28)9-10-27-20(29)11-5-2-3-6-12(11)21(27)30/h2-8H,9-10H2,1H3,(H,25,28). The van der Waals surface area contributed by atoms with Crippen LogP contribution in [0.15, 0.2) is 47.0 Å². The number of carbonyl (C=O) groups excluding carboxylic acids is 4. The van der Waals surface area contributed by atoms with E-state index in [1.54, 1.807) is 42.5 Å². The fourth-order valence-electron chi connectivity index (χ4n) is 3.41. The maximum absolute atomic E-state index is 12.5. The first-order chi connectivity index (χ1) is 15.8. The number of ether oxygens (including phenoxy) is 1. The van der Waals surface area contributed by atoms with Gasteiger partial charge in [-0.3, -0.25) is 24.6 Å². The van der Waals surface area contributed by atoms with Gasteiger partial charge in [0.2, 0.25) is 11.8 Å². The molecule has 9 nitrogen and oxygen atoms in total. The van der Waals surface area contributed by atoms with Crippen LogP contribution >= 0.6 is 23.2 Å². The summed E-state index contributed by atoms with van der Waals surface area (Å²) in [5, 5.41) is 6.69. The van der Waals surface area contributed by atoms with Crippen molar-refractivity contribution in [1.29, 1.82) is 0 Å². The van der Waals surface area contributed by atoms with E-state index in [0.29, 0.717) is 0 Å². The minimum atomic E-state index is -0.835. The van der Waals surface area contributed by atoms with Crippen molar-refractivity contribution in [3.63, 3.8) is 0 Å². The summed E-state index contributed by atoms with van der Waals surface area (Å²) < 4.78 is 9.96. The van der Waals surface area contributed by atoms with Crippen molar-refractivity contribution in [2.24, 2.45) is 0 Å². The number of anilines is 1. The van der Waals surface area contributed by atoms with Crippen molar-refractivity contribution in [3.8, 4) is 11.3 Å². The lowest BCUT2D eigenvalue weighted by atomic mass is 10.1. The summed E-state index contributed by atoms with van der Waals surface area (Å²) in [5.74, 6) is -2.69. The quantitative estimate of drug-likeness (QED) is 0.411. The SMILES string of the molecule is COC(=O)c1c(-c2c(Cl)cccc2Cl)noc1NC(=O)CCN1C(=O)c2ccccc2C1=O. The number of hydrogen-bond donors (Lipinski definition) is 1. The Kier molecular flexibility index (Phi) is 6.17. The van der Waals surface area contributed by atoms with Crippen LogP contribution in [-0.4, -0.2) is 47.4 Å². The molecule has 168 valence electrons. The zero-order valence-corrected chi connectivity index (χ0v) is 18.6. The van der Waals surface area contributed by atoms with Gasteiger partial charge in [-0.15, -0.1) is 0 Å². The topological polar surface area (TPSA) is 119 Å². The van der Waals surface area contributed by atoms with Crippen LogP contribution in [0.1, 0.15) is 37.5 Å². The predicted octanol–water partition coefficient (Wildman–Crippen LogP) is 4.06. The molecule has 3 aromatic rings. The normalized spacial score (nSPS) is 12.6. The molecule has 0 saturated carbocycles. The van der Waals surface area contributed by atoms with Gasteiger partial charge in [0.25, 0.3) is 11.8 Å². The Labute approximate surface area is 197 Å². The maximum atomic E-state index is 12.5. The van der Waals surface area contributed by atoms with Crippen LogP contribution in [0.3, 0.4) is 0 Å². The number of aromatic nitrogens is 1. The summed E-state index contributed by atoms with van der Waals surface area (Å²) in [7, 11) is 1.15. The van der Waals surface area contributed by atoms with Gasteiger partial charge in [-0.25, -0.2) is 4.79 Å². The summed E-state index contributed by atoms with van der Waals surface area (Å²) in [6.45, 7) is -0.164. The van der Waals surface area contributed by atoms with Gasteiger partial charge in [-0.1, -0.05) is 46.6 Å². The highest BCUT2D eigenvalue weighted by molar-refractivity contribution is 6.39. The second-order valence-electron chi connectivity index (χ2n) is 6.93. The van der Waals surface area contributed by atoms with E-state index >= 15 is 0 Å². The van der Waals surface area contributed by atoms with Gasteiger partial charge in [-0.2, -0.15) is 0 Å². The van der Waals surface area contributed by atoms with Crippen LogP contribution in [0.2, 0.25) is 10.0 Å². The smallest absolute Gasteiger partial charge is 0.345 e. The average molecular weight is 488 g/mol. The molecule has 0 bridgehead atoms. The number of nitrogens with zero attached hydrogens (tertiary/aromatic N) is 2. The van der Waals surface area contributed by atoms with Crippen molar-refractivity contribution >= 4 is 52.8 Å².